The number of aliphatic carboxylic acids is 1. The first-order valence-electron chi connectivity index (χ1n) is 12.9. The van der Waals surface area contributed by atoms with Gasteiger partial charge in [-0.05, 0) is 73.1 Å². The van der Waals surface area contributed by atoms with E-state index in [1.807, 2.05) is 6.07 Å². The number of nitrogens with zero attached hydrogens (tertiary/aromatic N) is 3. The van der Waals surface area contributed by atoms with Crippen molar-refractivity contribution in [1.29, 1.82) is 0 Å². The number of sulfone groups is 1. The van der Waals surface area contributed by atoms with Crippen LogP contribution in [0.3, 0.4) is 0 Å². The fourth-order valence-corrected chi connectivity index (χ4v) is 6.69. The zero-order valence-electron chi connectivity index (χ0n) is 21.3. The molecule has 9 heteroatoms. The Kier molecular flexibility index (Phi) is 6.96. The summed E-state index contributed by atoms with van der Waals surface area (Å²) in [5.74, 6) is -0.737. The number of hydrogen-bond acceptors (Lipinski definition) is 6. The van der Waals surface area contributed by atoms with Crippen LogP contribution in [0.4, 0.5) is 0 Å². The molecule has 0 amide bonds. The van der Waals surface area contributed by atoms with Crippen molar-refractivity contribution in [3.05, 3.63) is 71.8 Å². The maximum atomic E-state index is 13.1. The van der Waals surface area contributed by atoms with Crippen molar-refractivity contribution in [1.82, 2.24) is 15.0 Å². The van der Waals surface area contributed by atoms with Crippen molar-refractivity contribution in [3.63, 3.8) is 0 Å². The van der Waals surface area contributed by atoms with Crippen molar-refractivity contribution in [2.45, 2.75) is 73.5 Å². The van der Waals surface area contributed by atoms with Crippen LogP contribution in [0.25, 0.3) is 16.7 Å². The highest BCUT2D eigenvalue weighted by Gasteiger charge is 2.33. The number of carbonyl (C=O) groups is 1. The number of phenolic OH excluding ortho intramolecular Hbond substituents is 1. The third-order valence-electron chi connectivity index (χ3n) is 7.54. The minimum Gasteiger partial charge on any atom is -0.505 e. The van der Waals surface area contributed by atoms with E-state index in [1.165, 1.54) is 23.4 Å². The molecular weight excluding hydrogens is 502 g/mol. The van der Waals surface area contributed by atoms with Gasteiger partial charge < -0.3 is 10.2 Å². The molecule has 0 unspecified atom stereocenters. The van der Waals surface area contributed by atoms with Gasteiger partial charge in [0.05, 0.1) is 9.79 Å². The third kappa shape index (κ3) is 5.03. The predicted octanol–water partition coefficient (Wildman–Crippen LogP) is 5.59. The fraction of sp³-hybridized carbons (Fsp3) is 0.345. The molecule has 8 nitrogen and oxygen atoms in total. The lowest BCUT2D eigenvalue weighted by atomic mass is 9.70. The molecule has 1 fully saturated rings. The number of aromatic nitrogens is 3. The average Bonchev–Trinajstić information content (AvgIpc) is 3.33. The summed E-state index contributed by atoms with van der Waals surface area (Å²) >= 11 is 0. The second-order valence-corrected chi connectivity index (χ2v) is 12.3. The van der Waals surface area contributed by atoms with Gasteiger partial charge in [-0.1, -0.05) is 50.5 Å². The maximum absolute atomic E-state index is 13.1. The Hall–Kier alpha value is -3.72. The van der Waals surface area contributed by atoms with Gasteiger partial charge in [-0.15, -0.1) is 15.0 Å². The summed E-state index contributed by atoms with van der Waals surface area (Å²) in [4.78, 5) is 12.7. The van der Waals surface area contributed by atoms with Crippen LogP contribution in [0.15, 0.2) is 70.5 Å². The van der Waals surface area contributed by atoms with Gasteiger partial charge in [0.1, 0.15) is 22.5 Å². The van der Waals surface area contributed by atoms with E-state index in [1.54, 1.807) is 42.5 Å². The van der Waals surface area contributed by atoms with Crippen LogP contribution in [-0.4, -0.2) is 39.6 Å². The monoisotopic (exact) mass is 533 g/mol. The molecule has 0 bridgehead atoms. The van der Waals surface area contributed by atoms with E-state index in [0.717, 1.165) is 36.8 Å². The molecule has 4 aromatic rings. The van der Waals surface area contributed by atoms with Crippen LogP contribution in [-0.2, 0) is 26.5 Å². The van der Waals surface area contributed by atoms with Gasteiger partial charge in [-0.25, -0.2) is 8.42 Å². The number of aromatic hydroxyl groups is 1. The average molecular weight is 534 g/mol. The molecule has 198 valence electrons. The van der Waals surface area contributed by atoms with Gasteiger partial charge >= 0.3 is 5.97 Å². The topological polar surface area (TPSA) is 122 Å². The Bertz CT molecular complexity index is 1590. The highest BCUT2D eigenvalue weighted by molar-refractivity contribution is 7.91. The molecular formula is C29H31N3O5S. The first-order chi connectivity index (χ1) is 18.2. The predicted molar refractivity (Wildman–Crippen MR) is 143 cm³/mol. The first kappa shape index (κ1) is 25.9. The number of benzene rings is 3. The smallest absolute Gasteiger partial charge is 0.303 e. The minimum atomic E-state index is -3.72. The van der Waals surface area contributed by atoms with Crippen LogP contribution in [0.2, 0.25) is 0 Å². The van der Waals surface area contributed by atoms with Gasteiger partial charge in [-0.3, -0.25) is 4.79 Å². The SMILES string of the molecule is CC1(c2cc(CCCC(=O)O)cc(-n3nc4ccc(S(=O)(=O)c5ccccc5)cc4n3)c2O)CCCCC1. The molecule has 0 aliphatic heterocycles. The van der Waals surface area contributed by atoms with Gasteiger partial charge in [0.15, 0.2) is 0 Å². The van der Waals surface area contributed by atoms with Crippen LogP contribution in [0.5, 0.6) is 5.75 Å². The number of phenols is 1. The van der Waals surface area contributed by atoms with E-state index in [0.29, 0.717) is 29.6 Å². The Morgan fingerprint density at radius 3 is 2.37 bits per heavy atom. The number of carboxylic acids is 1. The fourth-order valence-electron chi connectivity index (χ4n) is 5.38. The largest absolute Gasteiger partial charge is 0.505 e. The van der Waals surface area contributed by atoms with Gasteiger partial charge in [-0.2, -0.15) is 0 Å². The molecule has 1 saturated carbocycles. The first-order valence-corrected chi connectivity index (χ1v) is 14.4. The van der Waals surface area contributed by atoms with Crippen molar-refractivity contribution < 1.29 is 23.4 Å². The zero-order valence-corrected chi connectivity index (χ0v) is 22.1. The molecule has 1 aliphatic carbocycles. The summed E-state index contributed by atoms with van der Waals surface area (Å²) in [5, 5.41) is 29.7. The summed E-state index contributed by atoms with van der Waals surface area (Å²) in [5.41, 5.74) is 2.83. The number of carboxylic acid groups (broad SMARTS) is 1. The van der Waals surface area contributed by atoms with Crippen LogP contribution in [0.1, 0.15) is 63.0 Å². The quantitative estimate of drug-likeness (QED) is 0.303. The summed E-state index contributed by atoms with van der Waals surface area (Å²) in [6.45, 7) is 2.17. The summed E-state index contributed by atoms with van der Waals surface area (Å²) in [6, 6.07) is 16.7. The molecule has 1 aliphatic rings. The standard InChI is InChI=1S/C29H31N3O5S/c1-29(15-6-3-7-16-29)23-17-20(9-8-12-27(33)34)18-26(28(23)35)32-30-24-14-13-22(19-25(24)31-32)38(36,37)21-10-4-2-5-11-21/h2,4-5,10-11,13-14,17-19,35H,3,6-9,12,15-16H2,1H3,(H,33,34). The molecule has 1 heterocycles. The number of fused-ring (bicyclic) bond motifs is 1. The van der Waals surface area contributed by atoms with E-state index < -0.39 is 15.8 Å². The highest BCUT2D eigenvalue weighted by Crippen LogP contribution is 2.45. The molecule has 1 aromatic heterocycles. The molecule has 3 aromatic carbocycles. The molecule has 0 saturated heterocycles. The van der Waals surface area contributed by atoms with Gasteiger partial charge in [0.25, 0.3) is 0 Å². The zero-order chi connectivity index (χ0) is 26.9. The maximum Gasteiger partial charge on any atom is 0.303 e. The Morgan fingerprint density at radius 2 is 1.66 bits per heavy atom. The summed E-state index contributed by atoms with van der Waals surface area (Å²) < 4.78 is 26.2. The van der Waals surface area contributed by atoms with Gasteiger partial charge in [0.2, 0.25) is 9.84 Å². The molecule has 2 N–H and O–H groups in total. The lowest BCUT2D eigenvalue weighted by molar-refractivity contribution is -0.137. The number of hydrogen-bond donors (Lipinski definition) is 2. The van der Waals surface area contributed by atoms with Crippen molar-refractivity contribution >= 4 is 26.8 Å². The van der Waals surface area contributed by atoms with Crippen LogP contribution < -0.4 is 0 Å². The normalized spacial score (nSPS) is 15.5. The Morgan fingerprint density at radius 1 is 0.947 bits per heavy atom. The highest BCUT2D eigenvalue weighted by atomic mass is 32.2. The molecule has 5 rings (SSSR count). The summed E-state index contributed by atoms with van der Waals surface area (Å²) in [6.07, 6.45) is 6.32. The molecule has 0 spiro atoms. The third-order valence-corrected chi connectivity index (χ3v) is 9.31. The number of rotatable bonds is 8. The summed E-state index contributed by atoms with van der Waals surface area (Å²) in [7, 11) is -3.72. The molecule has 0 atom stereocenters. The van der Waals surface area contributed by atoms with Crippen molar-refractivity contribution in [3.8, 4) is 11.4 Å². The Balaban J connectivity index is 1.58. The lowest BCUT2D eigenvalue weighted by Gasteiger charge is -2.35. The van der Waals surface area contributed by atoms with E-state index in [2.05, 4.69) is 17.1 Å². The van der Waals surface area contributed by atoms with Crippen LogP contribution >= 0.6 is 0 Å². The van der Waals surface area contributed by atoms with E-state index in [-0.39, 0.29) is 27.4 Å². The van der Waals surface area contributed by atoms with Crippen LogP contribution in [0, 0.1) is 0 Å². The van der Waals surface area contributed by atoms with E-state index in [9.17, 15) is 18.3 Å². The lowest BCUT2D eigenvalue weighted by Crippen LogP contribution is -2.26. The molecule has 38 heavy (non-hydrogen) atoms. The van der Waals surface area contributed by atoms with Gasteiger partial charge in [0, 0.05) is 12.0 Å². The van der Waals surface area contributed by atoms with Crippen molar-refractivity contribution in [2.24, 2.45) is 0 Å². The molecule has 0 radical (unpaired) electrons. The number of aryl methyl sites for hydroxylation is 1. The second-order valence-electron chi connectivity index (χ2n) is 10.3. The van der Waals surface area contributed by atoms with E-state index in [4.69, 9.17) is 5.11 Å². The van der Waals surface area contributed by atoms with Crippen molar-refractivity contribution in [2.75, 3.05) is 0 Å². The second kappa shape index (κ2) is 10.2. The Labute approximate surface area is 221 Å². The minimum absolute atomic E-state index is 0.0609. The van der Waals surface area contributed by atoms with E-state index >= 15 is 0 Å².